The third-order valence-electron chi connectivity index (χ3n) is 7.65. The number of alkyl halides is 4. The predicted octanol–water partition coefficient (Wildman–Crippen LogP) is 7.89. The van der Waals surface area contributed by atoms with Gasteiger partial charge in [0.05, 0.1) is 5.92 Å². The number of carbonyl (C=O) groups is 1. The average Bonchev–Trinajstić information content (AvgIpc) is 2.81. The van der Waals surface area contributed by atoms with Crippen molar-refractivity contribution < 1.29 is 40.6 Å². The zero-order chi connectivity index (χ0) is 25.3. The summed E-state index contributed by atoms with van der Waals surface area (Å²) in [5.74, 6) is -4.89. The number of hydrogen-bond acceptors (Lipinski definition) is 3. The first-order valence-corrected chi connectivity index (χ1v) is 12.1. The number of hydrogen-bond donors (Lipinski definition) is 0. The molecule has 0 aliphatic heterocycles. The van der Waals surface area contributed by atoms with Crippen LogP contribution in [0, 0.1) is 35.3 Å². The van der Waals surface area contributed by atoms with Crippen molar-refractivity contribution in [3.05, 3.63) is 35.9 Å². The van der Waals surface area contributed by atoms with Gasteiger partial charge in [-0.1, -0.05) is 26.2 Å². The molecule has 3 atom stereocenters. The monoisotopic (exact) mass is 502 g/mol. The van der Waals surface area contributed by atoms with Crippen molar-refractivity contribution in [1.29, 1.82) is 0 Å². The first-order valence-electron chi connectivity index (χ1n) is 12.1. The van der Waals surface area contributed by atoms with Crippen LogP contribution in [0.1, 0.15) is 58.3 Å². The Morgan fingerprint density at radius 1 is 1.00 bits per heavy atom. The van der Waals surface area contributed by atoms with Gasteiger partial charge in [0.25, 0.3) is 0 Å². The van der Waals surface area contributed by atoms with Crippen LogP contribution in [0.15, 0.2) is 24.3 Å². The molecule has 2 aromatic rings. The van der Waals surface area contributed by atoms with E-state index < -0.39 is 41.8 Å². The van der Waals surface area contributed by atoms with Gasteiger partial charge >= 0.3 is 12.3 Å². The Balaban J connectivity index is 1.41. The van der Waals surface area contributed by atoms with E-state index in [0.29, 0.717) is 24.8 Å². The lowest BCUT2D eigenvalue weighted by atomic mass is 9.68. The molecule has 2 aromatic carbocycles. The summed E-state index contributed by atoms with van der Waals surface area (Å²) in [7, 11) is 0. The molecule has 0 aromatic heterocycles. The number of carbonyl (C=O) groups excluding carboxylic acids is 1. The molecule has 9 heteroatoms. The molecule has 0 bridgehead atoms. The molecule has 35 heavy (non-hydrogen) atoms. The maximum atomic E-state index is 15.0. The molecule has 2 saturated carbocycles. The van der Waals surface area contributed by atoms with E-state index in [1.54, 1.807) is 0 Å². The average molecular weight is 502 g/mol. The van der Waals surface area contributed by atoms with E-state index in [9.17, 15) is 31.1 Å². The minimum Gasteiger partial charge on any atom is -0.426 e. The minimum atomic E-state index is -5.26. The summed E-state index contributed by atoms with van der Waals surface area (Å²) in [4.78, 5) is 12.7. The molecule has 0 saturated heterocycles. The van der Waals surface area contributed by atoms with Crippen LogP contribution in [0.4, 0.5) is 26.3 Å². The lowest BCUT2D eigenvalue weighted by Crippen LogP contribution is -2.37. The van der Waals surface area contributed by atoms with Crippen molar-refractivity contribution in [3.8, 4) is 11.5 Å². The van der Waals surface area contributed by atoms with E-state index >= 15 is 0 Å². The largest absolute Gasteiger partial charge is 0.573 e. The number of halogens is 6. The highest BCUT2D eigenvalue weighted by molar-refractivity contribution is 5.87. The molecule has 0 radical (unpaired) electrons. The summed E-state index contributed by atoms with van der Waals surface area (Å²) in [6, 6.07) is 4.02. The number of ether oxygens (including phenoxy) is 2. The first kappa shape index (κ1) is 25.6. The van der Waals surface area contributed by atoms with Crippen molar-refractivity contribution >= 4 is 16.7 Å². The second kappa shape index (κ2) is 10.3. The van der Waals surface area contributed by atoms with Crippen LogP contribution in [0.2, 0.25) is 0 Å². The van der Waals surface area contributed by atoms with Gasteiger partial charge in [-0.2, -0.15) is 0 Å². The van der Waals surface area contributed by atoms with E-state index in [-0.39, 0.29) is 22.4 Å². The van der Waals surface area contributed by atoms with Gasteiger partial charge in [0.2, 0.25) is 5.75 Å². The van der Waals surface area contributed by atoms with E-state index in [2.05, 4.69) is 11.7 Å². The Kier molecular flexibility index (Phi) is 7.52. The van der Waals surface area contributed by atoms with Crippen LogP contribution in [-0.4, -0.2) is 18.5 Å². The lowest BCUT2D eigenvalue weighted by Gasteiger charge is -2.38. The van der Waals surface area contributed by atoms with Crippen molar-refractivity contribution in [3.63, 3.8) is 0 Å². The molecule has 0 spiro atoms. The highest BCUT2D eigenvalue weighted by Crippen LogP contribution is 2.43. The van der Waals surface area contributed by atoms with Crippen LogP contribution < -0.4 is 9.47 Å². The Bertz CT molecular complexity index is 1060. The van der Waals surface area contributed by atoms with Gasteiger partial charge in [-0.3, -0.25) is 4.79 Å². The van der Waals surface area contributed by atoms with Crippen LogP contribution in [0.25, 0.3) is 10.8 Å². The van der Waals surface area contributed by atoms with Gasteiger partial charge < -0.3 is 9.47 Å². The quantitative estimate of drug-likeness (QED) is 0.237. The van der Waals surface area contributed by atoms with Gasteiger partial charge in [0.15, 0.2) is 11.6 Å². The standard InChI is InChI=1S/C26H28F6O3/c1-2-14-3-5-15(6-4-14)16-7-9-20(21(27)12-16)25(33)34-18-8-10-19-17(11-18)13-22(28)24(23(19)29)35-26(30,31)32/h8,10-11,13-16,20-21H,2-7,9,12H2,1H3. The Morgan fingerprint density at radius 2 is 1.69 bits per heavy atom. The van der Waals surface area contributed by atoms with Crippen LogP contribution in [0.3, 0.4) is 0 Å². The summed E-state index contributed by atoms with van der Waals surface area (Å²) >= 11 is 0. The molecule has 2 aliphatic carbocycles. The maximum absolute atomic E-state index is 15.0. The zero-order valence-corrected chi connectivity index (χ0v) is 19.3. The fraction of sp³-hybridized carbons (Fsp3) is 0.577. The molecule has 0 N–H and O–H groups in total. The van der Waals surface area contributed by atoms with Gasteiger partial charge in [-0.15, -0.1) is 13.2 Å². The SMILES string of the molecule is CCC1CCC(C2CCC(C(=O)Oc3ccc4c(F)c(OC(F)(F)F)c(F)cc4c3)C(F)C2)CC1. The molecule has 2 fully saturated rings. The third kappa shape index (κ3) is 5.86. The highest BCUT2D eigenvalue weighted by Gasteiger charge is 2.40. The number of esters is 1. The Hall–Kier alpha value is -2.45. The molecular formula is C26H28F6O3. The fourth-order valence-electron chi connectivity index (χ4n) is 5.66. The molecule has 0 heterocycles. The van der Waals surface area contributed by atoms with E-state index in [1.165, 1.54) is 25.3 Å². The summed E-state index contributed by atoms with van der Waals surface area (Å²) in [5, 5.41) is -0.463. The summed E-state index contributed by atoms with van der Waals surface area (Å²) < 4.78 is 89.5. The van der Waals surface area contributed by atoms with Gasteiger partial charge in [-0.05, 0) is 79.5 Å². The summed E-state index contributed by atoms with van der Waals surface area (Å²) in [5.41, 5.74) is 0. The number of benzene rings is 2. The van der Waals surface area contributed by atoms with E-state index in [0.717, 1.165) is 37.3 Å². The molecule has 192 valence electrons. The van der Waals surface area contributed by atoms with Crippen molar-refractivity contribution in [1.82, 2.24) is 0 Å². The Labute approximate surface area is 199 Å². The van der Waals surface area contributed by atoms with Gasteiger partial charge in [0, 0.05) is 5.39 Å². The van der Waals surface area contributed by atoms with Crippen LogP contribution in [-0.2, 0) is 4.79 Å². The predicted molar refractivity (Wildman–Crippen MR) is 118 cm³/mol. The zero-order valence-electron chi connectivity index (χ0n) is 19.3. The normalized spacial score (nSPS) is 27.6. The topological polar surface area (TPSA) is 35.5 Å². The molecule has 0 amide bonds. The van der Waals surface area contributed by atoms with Gasteiger partial charge in [0.1, 0.15) is 11.9 Å². The first-order chi connectivity index (χ1) is 16.6. The number of rotatable bonds is 5. The molecular weight excluding hydrogens is 474 g/mol. The fourth-order valence-corrected chi connectivity index (χ4v) is 5.66. The van der Waals surface area contributed by atoms with Gasteiger partial charge in [-0.25, -0.2) is 13.2 Å². The third-order valence-corrected chi connectivity index (χ3v) is 7.65. The van der Waals surface area contributed by atoms with Crippen molar-refractivity contribution in [2.24, 2.45) is 23.7 Å². The van der Waals surface area contributed by atoms with E-state index in [1.807, 2.05) is 0 Å². The Morgan fingerprint density at radius 3 is 2.31 bits per heavy atom. The minimum absolute atomic E-state index is 0.0713. The second-order valence-electron chi connectivity index (χ2n) is 9.74. The lowest BCUT2D eigenvalue weighted by molar-refractivity contribution is -0.276. The molecule has 3 unspecified atom stereocenters. The van der Waals surface area contributed by atoms with Crippen molar-refractivity contribution in [2.45, 2.75) is 70.8 Å². The molecule has 3 nitrogen and oxygen atoms in total. The number of fused-ring (bicyclic) bond motifs is 1. The van der Waals surface area contributed by atoms with Crippen LogP contribution >= 0.6 is 0 Å². The summed E-state index contributed by atoms with van der Waals surface area (Å²) in [6.45, 7) is 2.20. The van der Waals surface area contributed by atoms with Crippen molar-refractivity contribution in [2.75, 3.05) is 0 Å². The smallest absolute Gasteiger partial charge is 0.426 e. The molecule has 2 aliphatic rings. The summed E-state index contributed by atoms with van der Waals surface area (Å²) in [6.07, 6.45) is 0.566. The maximum Gasteiger partial charge on any atom is 0.573 e. The highest BCUT2D eigenvalue weighted by atomic mass is 19.4. The second-order valence-corrected chi connectivity index (χ2v) is 9.74. The molecule has 4 rings (SSSR count). The van der Waals surface area contributed by atoms with Crippen LogP contribution in [0.5, 0.6) is 11.5 Å². The van der Waals surface area contributed by atoms with E-state index in [4.69, 9.17) is 4.74 Å².